The Hall–Kier alpha value is -2.53. The number of likely N-dealkylation sites (tertiary alicyclic amines) is 1. The average molecular weight is 421 g/mol. The van der Waals surface area contributed by atoms with Crippen molar-refractivity contribution in [3.63, 3.8) is 0 Å². The summed E-state index contributed by atoms with van der Waals surface area (Å²) in [7, 11) is 1.70. The molecule has 1 unspecified atom stereocenters. The summed E-state index contributed by atoms with van der Waals surface area (Å²) in [6.07, 6.45) is 5.75. The minimum absolute atomic E-state index is 0.157. The van der Waals surface area contributed by atoms with Gasteiger partial charge in [-0.2, -0.15) is 0 Å². The highest BCUT2D eigenvalue weighted by molar-refractivity contribution is 5.77. The summed E-state index contributed by atoms with van der Waals surface area (Å²) >= 11 is 0. The summed E-state index contributed by atoms with van der Waals surface area (Å²) in [5, 5.41) is 3.17. The number of piperidine rings is 1. The van der Waals surface area contributed by atoms with Crippen LogP contribution in [0.2, 0.25) is 0 Å². The smallest absolute Gasteiger partial charge is 0.220 e. The second kappa shape index (κ2) is 8.54. The SMILES string of the molecule is COc1ccc(CN2CCC3(CC2)CC(CC(=O)NC2CC2)c2ccccc2O3)cc1. The lowest BCUT2D eigenvalue weighted by Gasteiger charge is -2.47. The monoisotopic (exact) mass is 420 g/mol. The number of nitrogens with one attached hydrogen (secondary N) is 1. The van der Waals surface area contributed by atoms with Crippen LogP contribution in [0.4, 0.5) is 0 Å². The minimum Gasteiger partial charge on any atom is -0.497 e. The van der Waals surface area contributed by atoms with Gasteiger partial charge in [-0.15, -0.1) is 0 Å². The Morgan fingerprint density at radius 1 is 1.13 bits per heavy atom. The molecular formula is C26H32N2O3. The maximum absolute atomic E-state index is 12.6. The van der Waals surface area contributed by atoms with E-state index in [1.165, 1.54) is 11.1 Å². The van der Waals surface area contributed by atoms with Crippen LogP contribution in [0.25, 0.3) is 0 Å². The molecule has 1 spiro atoms. The molecule has 0 aromatic heterocycles. The van der Waals surface area contributed by atoms with Crippen molar-refractivity contribution in [1.82, 2.24) is 10.2 Å². The lowest BCUT2D eigenvalue weighted by Crippen LogP contribution is -2.50. The van der Waals surface area contributed by atoms with Crippen molar-refractivity contribution in [2.24, 2.45) is 0 Å². The molecule has 5 rings (SSSR count). The molecule has 1 saturated heterocycles. The normalized spacial score (nSPS) is 22.4. The predicted molar refractivity (Wildman–Crippen MR) is 120 cm³/mol. The van der Waals surface area contributed by atoms with Crippen LogP contribution >= 0.6 is 0 Å². The van der Waals surface area contributed by atoms with Gasteiger partial charge in [0, 0.05) is 38.0 Å². The molecule has 1 saturated carbocycles. The Kier molecular flexibility index (Phi) is 5.61. The zero-order valence-electron chi connectivity index (χ0n) is 18.3. The van der Waals surface area contributed by atoms with E-state index >= 15 is 0 Å². The molecule has 2 aromatic carbocycles. The van der Waals surface area contributed by atoms with Gasteiger partial charge in [0.25, 0.3) is 0 Å². The number of fused-ring (bicyclic) bond motifs is 1. The van der Waals surface area contributed by atoms with Crippen molar-refractivity contribution in [3.05, 3.63) is 59.7 Å². The lowest BCUT2D eigenvalue weighted by atomic mass is 9.76. The van der Waals surface area contributed by atoms with Gasteiger partial charge in [-0.3, -0.25) is 9.69 Å². The zero-order valence-corrected chi connectivity index (χ0v) is 18.3. The summed E-state index contributed by atoms with van der Waals surface area (Å²) in [4.78, 5) is 15.1. The third kappa shape index (κ3) is 4.72. The first kappa shape index (κ1) is 20.4. The molecule has 2 aliphatic heterocycles. The number of methoxy groups -OCH3 is 1. The number of nitrogens with zero attached hydrogens (tertiary/aromatic N) is 1. The van der Waals surface area contributed by atoms with Gasteiger partial charge in [-0.25, -0.2) is 0 Å². The highest BCUT2D eigenvalue weighted by atomic mass is 16.5. The zero-order chi connectivity index (χ0) is 21.3. The number of carbonyl (C=O) groups excluding carboxylic acids is 1. The first-order chi connectivity index (χ1) is 15.1. The topological polar surface area (TPSA) is 50.8 Å². The Morgan fingerprint density at radius 3 is 2.58 bits per heavy atom. The van der Waals surface area contributed by atoms with Gasteiger partial charge < -0.3 is 14.8 Å². The summed E-state index contributed by atoms with van der Waals surface area (Å²) in [6, 6.07) is 17.1. The van der Waals surface area contributed by atoms with Gasteiger partial charge in [0.1, 0.15) is 17.1 Å². The van der Waals surface area contributed by atoms with Gasteiger partial charge in [-0.1, -0.05) is 30.3 Å². The molecule has 2 aromatic rings. The standard InChI is InChI=1S/C26H32N2O3/c1-30-22-10-6-19(7-11-22)18-28-14-12-26(13-15-28)17-20(16-25(29)27-21-8-9-21)23-4-2-3-5-24(23)31-26/h2-7,10-11,20-21H,8-9,12-18H2,1H3,(H,27,29). The van der Waals surface area contributed by atoms with Gasteiger partial charge in [-0.05, 0) is 61.4 Å². The van der Waals surface area contributed by atoms with Gasteiger partial charge in [0.2, 0.25) is 5.91 Å². The molecular weight excluding hydrogens is 388 g/mol. The number of ether oxygens (including phenoxy) is 2. The van der Waals surface area contributed by atoms with E-state index in [-0.39, 0.29) is 17.4 Å². The van der Waals surface area contributed by atoms with Crippen molar-refractivity contribution in [2.45, 2.75) is 62.6 Å². The minimum atomic E-state index is -0.157. The quantitative estimate of drug-likeness (QED) is 0.759. The van der Waals surface area contributed by atoms with E-state index in [0.29, 0.717) is 12.5 Å². The number of hydrogen-bond donors (Lipinski definition) is 1. The van der Waals surface area contributed by atoms with E-state index in [1.807, 2.05) is 18.2 Å². The highest BCUT2D eigenvalue weighted by Gasteiger charge is 2.43. The lowest BCUT2D eigenvalue weighted by molar-refractivity contribution is -0.122. The predicted octanol–water partition coefficient (Wildman–Crippen LogP) is 4.26. The Balaban J connectivity index is 1.24. The second-order valence-electron chi connectivity index (χ2n) is 9.39. The van der Waals surface area contributed by atoms with Crippen molar-refractivity contribution in [3.8, 4) is 11.5 Å². The van der Waals surface area contributed by atoms with Crippen LogP contribution < -0.4 is 14.8 Å². The van der Waals surface area contributed by atoms with E-state index in [2.05, 4.69) is 40.5 Å². The molecule has 0 bridgehead atoms. The number of amides is 1. The third-order valence-corrected chi connectivity index (χ3v) is 7.01. The van der Waals surface area contributed by atoms with E-state index in [1.54, 1.807) is 7.11 Å². The molecule has 31 heavy (non-hydrogen) atoms. The molecule has 5 nitrogen and oxygen atoms in total. The van der Waals surface area contributed by atoms with Gasteiger partial charge in [0.05, 0.1) is 7.11 Å². The fraction of sp³-hybridized carbons (Fsp3) is 0.500. The molecule has 2 heterocycles. The molecule has 1 N–H and O–H groups in total. The molecule has 1 aliphatic carbocycles. The van der Waals surface area contributed by atoms with E-state index in [0.717, 1.165) is 63.2 Å². The van der Waals surface area contributed by atoms with Crippen LogP contribution in [-0.2, 0) is 11.3 Å². The number of carbonyl (C=O) groups is 1. The Morgan fingerprint density at radius 2 is 1.87 bits per heavy atom. The molecule has 2 fully saturated rings. The van der Waals surface area contributed by atoms with Gasteiger partial charge in [0.15, 0.2) is 0 Å². The van der Waals surface area contributed by atoms with Crippen molar-refractivity contribution < 1.29 is 14.3 Å². The maximum Gasteiger partial charge on any atom is 0.220 e. The number of hydrogen-bond acceptors (Lipinski definition) is 4. The maximum atomic E-state index is 12.6. The first-order valence-corrected chi connectivity index (χ1v) is 11.6. The van der Waals surface area contributed by atoms with Crippen molar-refractivity contribution in [1.29, 1.82) is 0 Å². The summed E-state index contributed by atoms with van der Waals surface area (Å²) < 4.78 is 11.9. The Labute approximate surface area is 184 Å². The summed E-state index contributed by atoms with van der Waals surface area (Å²) in [5.41, 5.74) is 2.34. The Bertz CT molecular complexity index is 915. The fourth-order valence-electron chi connectivity index (χ4n) is 5.08. The van der Waals surface area contributed by atoms with Crippen LogP contribution in [0.5, 0.6) is 11.5 Å². The molecule has 164 valence electrons. The van der Waals surface area contributed by atoms with E-state index in [4.69, 9.17) is 9.47 Å². The fourth-order valence-corrected chi connectivity index (χ4v) is 5.08. The molecule has 1 atom stereocenters. The summed E-state index contributed by atoms with van der Waals surface area (Å²) in [5.74, 6) is 2.29. The third-order valence-electron chi connectivity index (χ3n) is 7.01. The largest absolute Gasteiger partial charge is 0.497 e. The van der Waals surface area contributed by atoms with Crippen LogP contribution in [0.3, 0.4) is 0 Å². The molecule has 0 radical (unpaired) electrons. The second-order valence-corrected chi connectivity index (χ2v) is 9.39. The molecule has 5 heteroatoms. The van der Waals surface area contributed by atoms with Crippen LogP contribution in [0, 0.1) is 0 Å². The number of para-hydroxylation sites is 1. The molecule has 1 amide bonds. The average Bonchev–Trinajstić information content (AvgIpc) is 3.60. The number of rotatable bonds is 6. The van der Waals surface area contributed by atoms with E-state index in [9.17, 15) is 4.79 Å². The van der Waals surface area contributed by atoms with Crippen molar-refractivity contribution in [2.75, 3.05) is 20.2 Å². The van der Waals surface area contributed by atoms with Crippen LogP contribution in [-0.4, -0.2) is 42.6 Å². The highest BCUT2D eigenvalue weighted by Crippen LogP contribution is 2.46. The van der Waals surface area contributed by atoms with Crippen LogP contribution in [0.1, 0.15) is 55.6 Å². The summed E-state index contributed by atoms with van der Waals surface area (Å²) in [6.45, 7) is 2.97. The number of benzene rings is 2. The van der Waals surface area contributed by atoms with Crippen molar-refractivity contribution >= 4 is 5.91 Å². The van der Waals surface area contributed by atoms with Crippen LogP contribution in [0.15, 0.2) is 48.5 Å². The first-order valence-electron chi connectivity index (χ1n) is 11.6. The van der Waals surface area contributed by atoms with E-state index < -0.39 is 0 Å². The molecule has 3 aliphatic rings. The van der Waals surface area contributed by atoms with Gasteiger partial charge >= 0.3 is 0 Å².